The van der Waals surface area contributed by atoms with Gasteiger partial charge in [0.25, 0.3) is 0 Å². The van der Waals surface area contributed by atoms with Gasteiger partial charge in [0.15, 0.2) is 0 Å². The van der Waals surface area contributed by atoms with Gasteiger partial charge >= 0.3 is 0 Å². The van der Waals surface area contributed by atoms with E-state index in [0.717, 1.165) is 11.1 Å². The molecule has 4 rings (SSSR count). The minimum atomic E-state index is -0.582. The van der Waals surface area contributed by atoms with Crippen molar-refractivity contribution in [1.82, 2.24) is 4.90 Å². The van der Waals surface area contributed by atoms with Gasteiger partial charge in [-0.15, -0.1) is 0 Å². The van der Waals surface area contributed by atoms with E-state index in [0.29, 0.717) is 17.9 Å². The van der Waals surface area contributed by atoms with E-state index in [9.17, 15) is 10.1 Å². The number of hydrogen-bond acceptors (Lipinski definition) is 4. The monoisotopic (exact) mass is 348 g/mol. The van der Waals surface area contributed by atoms with E-state index in [1.54, 1.807) is 6.07 Å². The number of carbonyl (C=O) groups is 1. The van der Waals surface area contributed by atoms with Crippen LogP contribution in [-0.2, 0) is 16.1 Å². The summed E-state index contributed by atoms with van der Waals surface area (Å²) in [4.78, 5) is 14.6. The molecule has 0 saturated carbocycles. The largest absolute Gasteiger partial charge is 0.485 e. The van der Waals surface area contributed by atoms with Crippen molar-refractivity contribution in [2.75, 3.05) is 6.61 Å². The van der Waals surface area contributed by atoms with Crippen LogP contribution >= 0.6 is 0 Å². The van der Waals surface area contributed by atoms with E-state index in [2.05, 4.69) is 6.07 Å². The van der Waals surface area contributed by atoms with Gasteiger partial charge in [-0.25, -0.2) is 0 Å². The quantitative estimate of drug-likeness (QED) is 0.836. The highest BCUT2D eigenvalue weighted by Gasteiger charge is 2.51. The van der Waals surface area contributed by atoms with Crippen LogP contribution in [0.2, 0.25) is 0 Å². The first-order valence-corrected chi connectivity index (χ1v) is 8.67. The fraction of sp³-hybridized carbons (Fsp3) is 0.333. The van der Waals surface area contributed by atoms with Gasteiger partial charge in [0.2, 0.25) is 5.91 Å². The summed E-state index contributed by atoms with van der Waals surface area (Å²) in [5.41, 5.74) is 1.85. The van der Waals surface area contributed by atoms with Crippen molar-refractivity contribution >= 4 is 5.91 Å². The van der Waals surface area contributed by atoms with Crippen LogP contribution in [0.5, 0.6) is 5.75 Å². The number of ether oxygens (including phenoxy) is 2. The Morgan fingerprint density at radius 3 is 2.73 bits per heavy atom. The van der Waals surface area contributed by atoms with Gasteiger partial charge in [-0.1, -0.05) is 30.3 Å². The van der Waals surface area contributed by atoms with Crippen molar-refractivity contribution < 1.29 is 14.3 Å². The fourth-order valence-electron chi connectivity index (χ4n) is 3.82. The third-order valence-electron chi connectivity index (χ3n) is 5.04. The molecule has 0 spiro atoms. The Labute approximate surface area is 152 Å². The van der Waals surface area contributed by atoms with E-state index in [1.165, 1.54) is 0 Å². The number of benzene rings is 2. The zero-order valence-corrected chi connectivity index (χ0v) is 14.8. The second-order valence-corrected chi connectivity index (χ2v) is 7.25. The average Bonchev–Trinajstić information content (AvgIpc) is 2.64. The zero-order valence-electron chi connectivity index (χ0n) is 14.8. The van der Waals surface area contributed by atoms with Crippen LogP contribution in [0.3, 0.4) is 0 Å². The molecule has 0 bridgehead atoms. The van der Waals surface area contributed by atoms with E-state index < -0.39 is 5.60 Å². The SMILES string of the molecule is CC1(C)Oc2ccc(C#N)cc2[C@@H]2[C@@H]1OCC(=O)N2Cc1ccccc1. The summed E-state index contributed by atoms with van der Waals surface area (Å²) in [5, 5.41) is 9.29. The van der Waals surface area contributed by atoms with Crippen molar-refractivity contribution in [3.63, 3.8) is 0 Å². The van der Waals surface area contributed by atoms with Crippen LogP contribution in [0.4, 0.5) is 0 Å². The fourth-order valence-corrected chi connectivity index (χ4v) is 3.82. The molecule has 0 aromatic heterocycles. The second kappa shape index (κ2) is 6.15. The minimum Gasteiger partial charge on any atom is -0.485 e. The van der Waals surface area contributed by atoms with Gasteiger partial charge in [-0.2, -0.15) is 5.26 Å². The first kappa shape index (κ1) is 16.6. The molecule has 0 aliphatic carbocycles. The molecule has 2 atom stereocenters. The summed E-state index contributed by atoms with van der Waals surface area (Å²) in [6, 6.07) is 17.1. The van der Waals surface area contributed by atoms with Gasteiger partial charge in [-0.05, 0) is 37.6 Å². The number of carbonyl (C=O) groups excluding carboxylic acids is 1. The number of fused-ring (bicyclic) bond motifs is 3. The Bertz CT molecular complexity index is 886. The van der Waals surface area contributed by atoms with E-state index >= 15 is 0 Å². The number of hydrogen-bond donors (Lipinski definition) is 0. The van der Waals surface area contributed by atoms with Gasteiger partial charge in [0.1, 0.15) is 24.1 Å². The standard InChI is InChI=1S/C21H20N2O3/c1-21(2)20-19(16-10-15(11-22)8-9-17(16)26-21)23(18(24)13-25-20)12-14-6-4-3-5-7-14/h3-10,19-20H,12-13H2,1-2H3/t19-,20+/m1/s1. The van der Waals surface area contributed by atoms with Crippen molar-refractivity contribution in [2.24, 2.45) is 0 Å². The molecule has 5 heteroatoms. The van der Waals surface area contributed by atoms with Gasteiger partial charge in [0.05, 0.1) is 17.7 Å². The van der Waals surface area contributed by atoms with E-state index in [4.69, 9.17) is 9.47 Å². The Hall–Kier alpha value is -2.84. The summed E-state index contributed by atoms with van der Waals surface area (Å²) in [7, 11) is 0. The lowest BCUT2D eigenvalue weighted by molar-refractivity contribution is -0.183. The highest BCUT2D eigenvalue weighted by molar-refractivity contribution is 5.79. The minimum absolute atomic E-state index is 0.0358. The molecule has 26 heavy (non-hydrogen) atoms. The summed E-state index contributed by atoms with van der Waals surface area (Å²) in [6.45, 7) is 4.48. The maximum absolute atomic E-state index is 12.7. The molecule has 0 unspecified atom stereocenters. The molecular formula is C21H20N2O3. The van der Waals surface area contributed by atoms with Crippen LogP contribution in [0.1, 0.15) is 36.6 Å². The molecular weight excluding hydrogens is 328 g/mol. The molecule has 0 radical (unpaired) electrons. The highest BCUT2D eigenvalue weighted by Crippen LogP contribution is 2.46. The van der Waals surface area contributed by atoms with Crippen molar-refractivity contribution in [1.29, 1.82) is 5.26 Å². The molecule has 2 heterocycles. The maximum atomic E-state index is 12.7. The Kier molecular flexibility index (Phi) is 3.93. The van der Waals surface area contributed by atoms with Gasteiger partial charge in [0, 0.05) is 12.1 Å². The van der Waals surface area contributed by atoms with Crippen molar-refractivity contribution in [3.8, 4) is 11.8 Å². The predicted molar refractivity (Wildman–Crippen MR) is 95.3 cm³/mol. The number of nitriles is 1. The van der Waals surface area contributed by atoms with Crippen LogP contribution in [-0.4, -0.2) is 29.1 Å². The van der Waals surface area contributed by atoms with Crippen LogP contribution < -0.4 is 4.74 Å². The highest BCUT2D eigenvalue weighted by atomic mass is 16.6. The third kappa shape index (κ3) is 2.73. The van der Waals surface area contributed by atoms with Crippen LogP contribution in [0, 0.1) is 11.3 Å². The van der Waals surface area contributed by atoms with Gasteiger partial charge < -0.3 is 14.4 Å². The predicted octanol–water partition coefficient (Wildman–Crippen LogP) is 3.20. The summed E-state index contributed by atoms with van der Waals surface area (Å²) < 4.78 is 12.1. The second-order valence-electron chi connectivity index (χ2n) is 7.25. The smallest absolute Gasteiger partial charge is 0.249 e. The molecule has 132 valence electrons. The lowest BCUT2D eigenvalue weighted by atomic mass is 9.83. The van der Waals surface area contributed by atoms with Crippen LogP contribution in [0.25, 0.3) is 0 Å². The van der Waals surface area contributed by atoms with Crippen molar-refractivity contribution in [2.45, 2.75) is 38.1 Å². The molecule has 1 fully saturated rings. The third-order valence-corrected chi connectivity index (χ3v) is 5.04. The van der Waals surface area contributed by atoms with Crippen molar-refractivity contribution in [3.05, 3.63) is 65.2 Å². The summed E-state index contributed by atoms with van der Waals surface area (Å²) in [6.07, 6.45) is -0.301. The molecule has 2 aromatic carbocycles. The zero-order chi connectivity index (χ0) is 18.3. The molecule has 2 aliphatic rings. The molecule has 0 N–H and O–H groups in total. The van der Waals surface area contributed by atoms with E-state index in [1.807, 2.05) is 61.2 Å². The topological polar surface area (TPSA) is 62.6 Å². The number of amides is 1. The number of rotatable bonds is 2. The molecule has 1 amide bonds. The number of nitrogens with zero attached hydrogens (tertiary/aromatic N) is 2. The lowest BCUT2D eigenvalue weighted by Gasteiger charge is -2.50. The Morgan fingerprint density at radius 1 is 1.23 bits per heavy atom. The first-order valence-electron chi connectivity index (χ1n) is 8.67. The lowest BCUT2D eigenvalue weighted by Crippen LogP contribution is -2.60. The summed E-state index contributed by atoms with van der Waals surface area (Å²) >= 11 is 0. The van der Waals surface area contributed by atoms with Gasteiger partial charge in [-0.3, -0.25) is 4.79 Å². The molecule has 2 aromatic rings. The average molecular weight is 348 g/mol. The van der Waals surface area contributed by atoms with E-state index in [-0.39, 0.29) is 24.7 Å². The Morgan fingerprint density at radius 2 is 2.00 bits per heavy atom. The normalized spacial score (nSPS) is 23.4. The Balaban J connectivity index is 1.81. The molecule has 1 saturated heterocycles. The number of morpholine rings is 1. The first-order chi connectivity index (χ1) is 12.5. The molecule has 5 nitrogen and oxygen atoms in total. The molecule has 2 aliphatic heterocycles. The summed E-state index contributed by atoms with van der Waals surface area (Å²) in [5.74, 6) is 0.646. The van der Waals surface area contributed by atoms with Crippen LogP contribution in [0.15, 0.2) is 48.5 Å². The maximum Gasteiger partial charge on any atom is 0.249 e.